The van der Waals surface area contributed by atoms with Crippen LogP contribution in [-0.2, 0) is 90.3 Å². The van der Waals surface area contributed by atoms with Crippen molar-refractivity contribution in [3.8, 4) is 81.9 Å². The summed E-state index contributed by atoms with van der Waals surface area (Å²) in [6, 6.07) is 7.80. The number of methoxy groups -OCH3 is 1. The van der Waals surface area contributed by atoms with Gasteiger partial charge in [-0.1, -0.05) is 80.7 Å². The number of nitrogens with one attached hydrogen (secondary N) is 8. The molecule has 21 nitrogen and oxygen atoms in total. The van der Waals surface area contributed by atoms with Crippen molar-refractivity contribution >= 4 is 125 Å². The van der Waals surface area contributed by atoms with Crippen molar-refractivity contribution in [3.63, 3.8) is 0 Å². The van der Waals surface area contributed by atoms with Gasteiger partial charge in [0.15, 0.2) is 0 Å². The largest absolute Gasteiger partial charge is 0.481 e. The van der Waals surface area contributed by atoms with Crippen molar-refractivity contribution in [1.82, 2.24) is 71.8 Å². The van der Waals surface area contributed by atoms with Crippen LogP contribution in [0.4, 0.5) is 5.00 Å². The molecule has 0 saturated heterocycles. The Hall–Kier alpha value is -7.72. The van der Waals surface area contributed by atoms with E-state index in [1.807, 2.05) is 28.8 Å². The zero-order valence-electron chi connectivity index (χ0n) is 69.7. The van der Waals surface area contributed by atoms with Gasteiger partial charge in [0.1, 0.15) is 48.7 Å². The Morgan fingerprint density at radius 1 is 0.504 bits per heavy atom. The maximum atomic E-state index is 12.7. The van der Waals surface area contributed by atoms with Crippen molar-refractivity contribution in [2.75, 3.05) is 58.2 Å². The minimum atomic E-state index is -0.155. The molecule has 29 heteroatoms. The second-order valence-electron chi connectivity index (χ2n) is 32.2. The van der Waals surface area contributed by atoms with Crippen molar-refractivity contribution in [2.45, 2.75) is 203 Å². The molecule has 0 aromatic carbocycles. The lowest BCUT2D eigenvalue weighted by molar-refractivity contribution is -0.119. The first-order valence-electron chi connectivity index (χ1n) is 41.9. The van der Waals surface area contributed by atoms with Crippen LogP contribution in [0, 0.1) is 17.8 Å². The fraction of sp³-hybridized carbons (Fsp3) is 0.467. The highest BCUT2D eigenvalue weighted by molar-refractivity contribution is 7.19. The van der Waals surface area contributed by atoms with E-state index in [9.17, 15) is 24.0 Å². The van der Waals surface area contributed by atoms with Gasteiger partial charge in [0.2, 0.25) is 11.8 Å². The Morgan fingerprint density at radius 2 is 0.941 bits per heavy atom. The van der Waals surface area contributed by atoms with Crippen molar-refractivity contribution in [1.29, 1.82) is 0 Å². The number of ether oxygens (including phenoxy) is 1. The number of thiazole rings is 4. The minimum absolute atomic E-state index is 0.00719. The Morgan fingerprint density at radius 3 is 1.41 bits per heavy atom. The molecule has 11 aromatic heterocycles. The summed E-state index contributed by atoms with van der Waals surface area (Å²) in [6.45, 7) is 27.3. The lowest BCUT2D eigenvalue weighted by Gasteiger charge is -2.14. The van der Waals surface area contributed by atoms with Crippen LogP contribution in [0.15, 0.2) is 87.8 Å². The zero-order chi connectivity index (χ0) is 83.3. The second-order valence-corrected chi connectivity index (χ2v) is 40.3. The van der Waals surface area contributed by atoms with E-state index in [0.29, 0.717) is 110 Å². The average molecular weight is 1760 g/mol. The van der Waals surface area contributed by atoms with E-state index in [-0.39, 0.29) is 11.5 Å². The fourth-order valence-corrected chi connectivity index (χ4v) is 24.5. The smallest absolute Gasteiger partial charge is 0.257 e. The standard InChI is InChI=1S/C24H29N3O2S2.C23H31N3OS2.C22H26N4OS2.C21H25N5O2S2/c1-15(2)6-4-7-16(28)12-20-22(18-9-11-25-13-21(18)31-20)24-27-19(14-30-24)17-8-5-10-26-23(17)29-3;1-15(2)4-3-5-17(27)12-20-22(18-8-11-25-13-21(18)29-20)23-26-19(14-28-23)16-6-9-24-10-7-16;1-14(2)4-3-5-16(27)8-19-21(17-6-7-23-11-20(17)29-19)22-26-18(12-28-22)15-9-24-13-25-10-15;1-12(2)23-9-6-17(27)26-21-18(14-5-8-22-10-16(14)30-21)20-25-15(11-29-20)13-4-3-7-24-19(13)28/h5,8,10,14-15,25H,4,6-7,9,11-13H2,1-3H3;6,14-15,24-25H,3-5,7-13H2,1-2H3;9-10,12-14,23H,3-8,11H2,1-2H3;3-4,7,11-12,22-23H,5-6,8-10H2,1-2H3,(H,24,28)(H,26,27). The molecule has 0 spiro atoms. The van der Waals surface area contributed by atoms with Gasteiger partial charge in [-0.25, -0.2) is 34.9 Å². The molecule has 5 aliphatic heterocycles. The van der Waals surface area contributed by atoms with Crippen LogP contribution in [0.1, 0.15) is 188 Å². The SMILES string of the molecule is CC(C)CCCC(=O)Cc1sc2c(c1-c1nc(-c3cncnc3)cs1)CCNC2.CC(C)CCCC(=O)Cc1sc2c(c1-c1nc(C3=CCNCC3)cs1)CCNC2.CC(C)NCCC(=O)Nc1sc2c(c1-c1nc(-c3ccc[nH]c3=O)cs1)CCNC2.COc1ncccc1-c1csc(-c2c(CC(=O)CCCC(C)C)sc3c2CCNC3)n1. The van der Waals surface area contributed by atoms with Crippen LogP contribution in [-0.4, -0.2) is 122 Å². The van der Waals surface area contributed by atoms with Gasteiger partial charge >= 0.3 is 0 Å². The lowest BCUT2D eigenvalue weighted by atomic mass is 9.99. The number of aromatic nitrogens is 8. The molecule has 16 rings (SSSR count). The Kier molecular flexibility index (Phi) is 32.8. The number of H-pyrrole nitrogens is 1. The topological polar surface area (TPSA) is 285 Å². The van der Waals surface area contributed by atoms with E-state index in [2.05, 4.69) is 135 Å². The first kappa shape index (κ1) is 89.0. The molecular weight excluding hydrogens is 1640 g/mol. The summed E-state index contributed by atoms with van der Waals surface area (Å²) in [5.41, 5.74) is 17.2. The molecule has 0 bridgehead atoms. The Bertz CT molecular complexity index is 5320. The molecule has 8 N–H and O–H groups in total. The van der Waals surface area contributed by atoms with E-state index in [1.165, 1.54) is 96.3 Å². The number of aromatic amines is 1. The van der Waals surface area contributed by atoms with E-state index in [1.54, 1.807) is 112 Å². The van der Waals surface area contributed by atoms with Crippen LogP contribution in [0.5, 0.6) is 5.88 Å². The number of fused-ring (bicyclic) bond motifs is 4. The van der Waals surface area contributed by atoms with Gasteiger partial charge in [0.05, 0.1) is 41.0 Å². The summed E-state index contributed by atoms with van der Waals surface area (Å²) < 4.78 is 5.42. The quantitative estimate of drug-likeness (QED) is 0.0194. The third-order valence-corrected chi connectivity index (χ3v) is 29.6. The maximum absolute atomic E-state index is 12.7. The van der Waals surface area contributed by atoms with Crippen LogP contribution in [0.25, 0.3) is 81.6 Å². The summed E-state index contributed by atoms with van der Waals surface area (Å²) in [5, 5.41) is 36.6. The number of rotatable bonds is 32. The molecule has 0 aliphatic carbocycles. The van der Waals surface area contributed by atoms with Gasteiger partial charge in [0, 0.05) is 199 Å². The summed E-state index contributed by atoms with van der Waals surface area (Å²) >= 11 is 13.5. The van der Waals surface area contributed by atoms with Crippen LogP contribution in [0.2, 0.25) is 0 Å². The normalized spacial score (nSPS) is 14.3. The number of amides is 1. The van der Waals surface area contributed by atoms with Gasteiger partial charge in [-0.05, 0) is 154 Å². The molecule has 0 unspecified atom stereocenters. The molecule has 1 amide bonds. The number of pyridine rings is 2. The van der Waals surface area contributed by atoms with Crippen LogP contribution >= 0.6 is 90.7 Å². The van der Waals surface area contributed by atoms with Crippen molar-refractivity contribution in [2.24, 2.45) is 17.8 Å². The predicted octanol–water partition coefficient (Wildman–Crippen LogP) is 18.5. The average Bonchev–Trinajstić information content (AvgIpc) is 1.64. The number of thiophene rings is 4. The number of hydrogen-bond acceptors (Lipinski definition) is 27. The summed E-state index contributed by atoms with van der Waals surface area (Å²) in [6.07, 6.45) is 26.0. The summed E-state index contributed by atoms with van der Waals surface area (Å²) in [7, 11) is 1.63. The molecule has 119 heavy (non-hydrogen) atoms. The Labute approximate surface area is 730 Å². The van der Waals surface area contributed by atoms with Gasteiger partial charge < -0.3 is 46.9 Å². The number of carbonyl (C=O) groups excluding carboxylic acids is 4. The first-order valence-corrected chi connectivity index (χ1v) is 48.7. The first-order chi connectivity index (χ1) is 57.8. The highest BCUT2D eigenvalue weighted by atomic mass is 32.1. The molecule has 11 aromatic rings. The molecular formula is C90H111N15O6S8. The van der Waals surface area contributed by atoms with E-state index in [0.717, 1.165) is 195 Å². The number of ketones is 3. The number of nitrogens with zero attached hydrogens (tertiary/aromatic N) is 7. The third-order valence-electron chi connectivity index (χ3n) is 21.3. The zero-order valence-corrected chi connectivity index (χ0v) is 76.3. The predicted molar refractivity (Wildman–Crippen MR) is 494 cm³/mol. The molecule has 0 fully saturated rings. The van der Waals surface area contributed by atoms with Crippen molar-refractivity contribution in [3.05, 3.63) is 155 Å². The lowest BCUT2D eigenvalue weighted by Crippen LogP contribution is -2.27. The fourth-order valence-electron chi connectivity index (χ4n) is 15.3. The second kappa shape index (κ2) is 43.9. The van der Waals surface area contributed by atoms with Gasteiger partial charge in [-0.3, -0.25) is 24.0 Å². The maximum Gasteiger partial charge on any atom is 0.257 e. The monoisotopic (exact) mass is 1750 g/mol. The highest BCUT2D eigenvalue weighted by Crippen LogP contribution is 2.47. The van der Waals surface area contributed by atoms with Gasteiger partial charge in [-0.15, -0.1) is 90.7 Å². The number of hydrogen-bond donors (Lipinski definition) is 8. The molecule has 0 radical (unpaired) electrons. The van der Waals surface area contributed by atoms with Gasteiger partial charge in [0.25, 0.3) is 5.56 Å². The molecule has 16 heterocycles. The number of Topliss-reactive ketones (excluding diaryl/α,β-unsaturated/α-hetero) is 3. The van der Waals surface area contributed by atoms with Crippen LogP contribution in [0.3, 0.4) is 0 Å². The summed E-state index contributed by atoms with van der Waals surface area (Å²) in [4.78, 5) is 107. The molecule has 630 valence electrons. The van der Waals surface area contributed by atoms with Gasteiger partial charge in [-0.2, -0.15) is 0 Å². The summed E-state index contributed by atoms with van der Waals surface area (Å²) in [5.74, 6) is 3.57. The van der Waals surface area contributed by atoms with E-state index < -0.39 is 0 Å². The molecule has 0 atom stereocenters. The Balaban J connectivity index is 0.000000137. The number of carbonyl (C=O) groups is 4. The third kappa shape index (κ3) is 24.0. The highest BCUT2D eigenvalue weighted by Gasteiger charge is 2.31. The molecule has 0 saturated carbocycles. The molecule has 5 aliphatic rings. The number of anilines is 1. The van der Waals surface area contributed by atoms with Crippen molar-refractivity contribution < 1.29 is 23.9 Å². The van der Waals surface area contributed by atoms with E-state index >= 15 is 0 Å². The van der Waals surface area contributed by atoms with Crippen LogP contribution < -0.4 is 47.5 Å². The minimum Gasteiger partial charge on any atom is -0.481 e. The van der Waals surface area contributed by atoms with E-state index in [4.69, 9.17) is 24.7 Å².